The van der Waals surface area contributed by atoms with Gasteiger partial charge < -0.3 is 16.6 Å². The first-order valence-corrected chi connectivity index (χ1v) is 2.80. The van der Waals surface area contributed by atoms with Crippen LogP contribution >= 0.6 is 0 Å². The van der Waals surface area contributed by atoms with Crippen LogP contribution in [0.15, 0.2) is 0 Å². The van der Waals surface area contributed by atoms with E-state index in [0.29, 0.717) is 0 Å². The molecule has 0 aliphatic heterocycles. The highest BCUT2D eigenvalue weighted by atomic mass is 16.4. The summed E-state index contributed by atoms with van der Waals surface area (Å²) < 4.78 is 0. The number of carbonyl (C=O) groups is 2. The molecule has 0 unspecified atom stereocenters. The molecule has 0 aromatic rings. The van der Waals surface area contributed by atoms with Crippen LogP contribution in [0.5, 0.6) is 0 Å². The lowest BCUT2D eigenvalue weighted by atomic mass is 10.2. The number of amides is 1. The lowest BCUT2D eigenvalue weighted by Gasteiger charge is -2.01. The van der Waals surface area contributed by atoms with Crippen molar-refractivity contribution in [3.8, 4) is 0 Å². The summed E-state index contributed by atoms with van der Waals surface area (Å²) in [6, 6.07) is -0.979. The minimum absolute atomic E-state index is 0.0213. The number of hydrogen-bond acceptors (Lipinski definition) is 3. The highest BCUT2D eigenvalue weighted by Crippen LogP contribution is 1.92. The van der Waals surface area contributed by atoms with Crippen molar-refractivity contribution in [3.05, 3.63) is 0 Å². The third-order valence-corrected chi connectivity index (χ3v) is 1.02. The highest BCUT2D eigenvalue weighted by Gasteiger charge is 2.11. The van der Waals surface area contributed by atoms with Gasteiger partial charge in [-0.25, -0.2) is 0 Å². The van der Waals surface area contributed by atoms with Crippen LogP contribution in [0.25, 0.3) is 0 Å². The molecule has 0 aromatic heterocycles. The number of carboxylic acids is 1. The van der Waals surface area contributed by atoms with Crippen molar-refractivity contribution in [2.45, 2.75) is 18.9 Å². The van der Waals surface area contributed by atoms with Crippen LogP contribution in [0.2, 0.25) is 0 Å². The predicted molar refractivity (Wildman–Crippen MR) is 34.0 cm³/mol. The molecule has 0 saturated heterocycles. The van der Waals surface area contributed by atoms with E-state index in [1.54, 1.807) is 0 Å². The molecule has 5 N–H and O–H groups in total. The second-order valence-electron chi connectivity index (χ2n) is 1.95. The summed E-state index contributed by atoms with van der Waals surface area (Å²) >= 11 is 0. The molecule has 58 valence electrons. The molecular weight excluding hydrogens is 138 g/mol. The van der Waals surface area contributed by atoms with Gasteiger partial charge in [-0.2, -0.15) is 0 Å². The van der Waals surface area contributed by atoms with Gasteiger partial charge >= 0.3 is 5.97 Å². The molecule has 0 aliphatic carbocycles. The van der Waals surface area contributed by atoms with E-state index in [2.05, 4.69) is 0 Å². The number of primary amides is 1. The quantitative estimate of drug-likeness (QED) is 0.339. The molecule has 0 rings (SSSR count). The van der Waals surface area contributed by atoms with Crippen LogP contribution in [-0.2, 0) is 9.59 Å². The van der Waals surface area contributed by atoms with Crippen LogP contribution in [-0.4, -0.2) is 23.0 Å². The molecule has 1 atom stereocenters. The van der Waals surface area contributed by atoms with Crippen LogP contribution in [0.1, 0.15) is 12.8 Å². The normalized spacial score (nSPS) is 12.5. The van der Waals surface area contributed by atoms with Gasteiger partial charge in [0.15, 0.2) is 0 Å². The maximum atomic E-state index is 10.1. The van der Waals surface area contributed by atoms with Crippen molar-refractivity contribution in [2.75, 3.05) is 0 Å². The molecule has 0 aliphatic rings. The molecular formula is C5H10N2O3. The second kappa shape index (κ2) is 3.84. The van der Waals surface area contributed by atoms with Gasteiger partial charge in [0.25, 0.3) is 0 Å². The smallest absolute Gasteiger partial charge is 0.320 e. The minimum atomic E-state index is -1.11. The molecule has 5 nitrogen and oxygen atoms in total. The monoisotopic (exact) mass is 148 g/mol. The van der Waals surface area contributed by atoms with E-state index >= 15 is 0 Å². The third-order valence-electron chi connectivity index (χ3n) is 1.02. The Morgan fingerprint density at radius 2 is 2.00 bits per heavy atom. The zero-order valence-electron chi connectivity index (χ0n) is 5.41. The second-order valence-corrected chi connectivity index (χ2v) is 1.95. The number of rotatable bonds is 4. The van der Waals surface area contributed by atoms with E-state index < -0.39 is 17.9 Å². The lowest BCUT2D eigenvalue weighted by Crippen LogP contribution is -2.31. The van der Waals surface area contributed by atoms with Crippen LogP contribution in [0.4, 0.5) is 0 Å². The van der Waals surface area contributed by atoms with Crippen molar-refractivity contribution in [1.29, 1.82) is 0 Å². The fourth-order valence-corrected chi connectivity index (χ4v) is 0.421. The Hall–Kier alpha value is -1.10. The van der Waals surface area contributed by atoms with E-state index in [1.165, 1.54) is 0 Å². The molecule has 0 spiro atoms. The van der Waals surface area contributed by atoms with E-state index in [9.17, 15) is 9.59 Å². The fourth-order valence-electron chi connectivity index (χ4n) is 0.421. The Labute approximate surface area is 58.0 Å². The molecule has 0 aromatic carbocycles. The van der Waals surface area contributed by atoms with Crippen LogP contribution < -0.4 is 11.5 Å². The van der Waals surface area contributed by atoms with Crippen LogP contribution in [0.3, 0.4) is 0 Å². The summed E-state index contributed by atoms with van der Waals surface area (Å²) in [5, 5.41) is 8.22. The Balaban J connectivity index is 3.49. The minimum Gasteiger partial charge on any atom is -0.480 e. The first kappa shape index (κ1) is 8.90. The van der Waals surface area contributed by atoms with Gasteiger partial charge in [0, 0.05) is 6.42 Å². The molecule has 0 bridgehead atoms. The number of nitrogens with two attached hydrogens (primary N) is 2. The highest BCUT2D eigenvalue weighted by molar-refractivity contribution is 5.76. The Morgan fingerprint density at radius 1 is 1.50 bits per heavy atom. The van der Waals surface area contributed by atoms with Crippen molar-refractivity contribution in [2.24, 2.45) is 11.5 Å². The molecule has 10 heavy (non-hydrogen) atoms. The maximum Gasteiger partial charge on any atom is 0.320 e. The number of hydrogen-bond donors (Lipinski definition) is 3. The van der Waals surface area contributed by atoms with Crippen LogP contribution in [0, 0.1) is 0 Å². The Bertz CT molecular complexity index is 146. The standard InChI is InChI=1S/C5H10N2O3/c6-3(5(9)10)1-2-4(7)8/h3H,1-2,6H2,(H2,7,8)(H,9,10)/t3-/m0/s1/i4+1,7+1. The summed E-state index contributed by atoms with van der Waals surface area (Å²) in [4.78, 5) is 20.1. The first-order valence-electron chi connectivity index (χ1n) is 2.80. The Kier molecular flexibility index (Phi) is 3.42. The SMILES string of the molecule is N[C@@H](CC[13C]([15NH2])=O)C(=O)O. The molecule has 5 heteroatoms. The first-order chi connectivity index (χ1) is 4.54. The van der Waals surface area contributed by atoms with Crippen molar-refractivity contribution in [1.82, 2.24) is 0 Å². The molecule has 0 heterocycles. The predicted octanol–water partition coefficient (Wildman–Crippen LogP) is -1.34. The van der Waals surface area contributed by atoms with Gasteiger partial charge in [0.05, 0.1) is 0 Å². The summed E-state index contributed by atoms with van der Waals surface area (Å²) in [5.74, 6) is -1.64. The summed E-state index contributed by atoms with van der Waals surface area (Å²) in [6.07, 6.45) is 0.123. The molecule has 0 saturated carbocycles. The number of aliphatic carboxylic acids is 1. The summed E-state index contributed by atoms with van der Waals surface area (Å²) in [5.41, 5.74) is 9.81. The average Bonchev–Trinajstić information content (AvgIpc) is 1.82. The van der Waals surface area contributed by atoms with Gasteiger partial charge in [-0.05, 0) is 6.42 Å². The summed E-state index contributed by atoms with van der Waals surface area (Å²) in [6.45, 7) is 0. The largest absolute Gasteiger partial charge is 0.480 e. The van der Waals surface area contributed by atoms with E-state index in [-0.39, 0.29) is 12.8 Å². The third kappa shape index (κ3) is 3.85. The van der Waals surface area contributed by atoms with Gasteiger partial charge in [-0.1, -0.05) is 0 Å². The maximum absolute atomic E-state index is 10.1. The zero-order chi connectivity index (χ0) is 8.15. The van der Waals surface area contributed by atoms with Crippen molar-refractivity contribution in [3.63, 3.8) is 0 Å². The lowest BCUT2D eigenvalue weighted by molar-refractivity contribution is -0.138. The van der Waals surface area contributed by atoms with E-state index in [1.807, 2.05) is 0 Å². The van der Waals surface area contributed by atoms with E-state index in [4.69, 9.17) is 16.6 Å². The average molecular weight is 148 g/mol. The van der Waals surface area contributed by atoms with Gasteiger partial charge in [0.1, 0.15) is 6.04 Å². The number of carbonyl (C=O) groups excluding carboxylic acids is 1. The summed E-state index contributed by atoms with van der Waals surface area (Å²) in [7, 11) is 0. The van der Waals surface area contributed by atoms with Crippen molar-refractivity contribution < 1.29 is 14.7 Å². The van der Waals surface area contributed by atoms with Crippen molar-refractivity contribution >= 4 is 11.9 Å². The molecule has 0 fully saturated rings. The van der Waals surface area contributed by atoms with Gasteiger partial charge in [-0.3, -0.25) is 9.59 Å². The molecule has 1 amide bonds. The van der Waals surface area contributed by atoms with Gasteiger partial charge in [-0.15, -0.1) is 0 Å². The van der Waals surface area contributed by atoms with Gasteiger partial charge in [0.2, 0.25) is 5.91 Å². The van der Waals surface area contributed by atoms with E-state index in [0.717, 1.165) is 0 Å². The Morgan fingerprint density at radius 3 is 2.30 bits per heavy atom. The molecule has 0 radical (unpaired) electrons. The number of carboxylic acid groups (broad SMARTS) is 1. The zero-order valence-corrected chi connectivity index (χ0v) is 5.41. The fraction of sp³-hybridized carbons (Fsp3) is 0.600. The topological polar surface area (TPSA) is 106 Å².